The van der Waals surface area contributed by atoms with E-state index in [2.05, 4.69) is 0 Å². The Kier molecular flexibility index (Phi) is 3.01. The van der Waals surface area contributed by atoms with E-state index in [4.69, 9.17) is 0 Å². The van der Waals surface area contributed by atoms with E-state index in [9.17, 15) is 30.0 Å². The molecule has 1 aliphatic rings. The van der Waals surface area contributed by atoms with Crippen molar-refractivity contribution in [2.75, 3.05) is 0 Å². The summed E-state index contributed by atoms with van der Waals surface area (Å²) in [5.74, 6) is 0. The van der Waals surface area contributed by atoms with Crippen LogP contribution < -0.4 is 0 Å². The van der Waals surface area contributed by atoms with Gasteiger partial charge in [0.2, 0.25) is 12.8 Å². The predicted octanol–water partition coefficient (Wildman–Crippen LogP) is -3.81. The fraction of sp³-hybridized carbons (Fsp3) is 0.667. The molecule has 0 aliphatic carbocycles. The zero-order chi connectivity index (χ0) is 10.9. The van der Waals surface area contributed by atoms with Gasteiger partial charge in [0.15, 0.2) is 24.9 Å². The van der Waals surface area contributed by atoms with Crippen LogP contribution in [0.4, 0.5) is 0 Å². The van der Waals surface area contributed by atoms with Gasteiger partial charge in [0, 0.05) is 0 Å². The third kappa shape index (κ3) is 1.44. The van der Waals surface area contributed by atoms with Crippen LogP contribution in [0.25, 0.3) is 0 Å². The number of rotatable bonds is 2. The van der Waals surface area contributed by atoms with Gasteiger partial charge in [-0.2, -0.15) is 0 Å². The van der Waals surface area contributed by atoms with Gasteiger partial charge in [-0.3, -0.25) is 19.4 Å². The molecule has 14 heavy (non-hydrogen) atoms. The number of piperazine rings is 1. The molecule has 80 valence electrons. The quantitative estimate of drug-likeness (QED) is 0.344. The Balaban J connectivity index is 2.92. The van der Waals surface area contributed by atoms with E-state index in [0.29, 0.717) is 9.80 Å². The largest absolute Gasteiger partial charge is 0.369 e. The van der Waals surface area contributed by atoms with E-state index in [-0.39, 0.29) is 12.8 Å². The first-order valence-corrected chi connectivity index (χ1v) is 3.72. The maximum atomic E-state index is 10.3. The SMILES string of the molecule is O=CN1C(O)C(O)N(C=O)C(O)C1O. The Morgan fingerprint density at radius 3 is 1.07 bits per heavy atom. The highest BCUT2D eigenvalue weighted by Crippen LogP contribution is 2.18. The normalized spacial score (nSPS) is 38.3. The molecule has 8 nitrogen and oxygen atoms in total. The number of hydrogen-bond acceptors (Lipinski definition) is 6. The molecule has 4 unspecified atom stereocenters. The summed E-state index contributed by atoms with van der Waals surface area (Å²) in [7, 11) is 0. The molecular formula is C6H10N2O6. The smallest absolute Gasteiger partial charge is 0.214 e. The van der Waals surface area contributed by atoms with Crippen molar-refractivity contribution in [1.82, 2.24) is 9.80 Å². The number of hydrogen-bond donors (Lipinski definition) is 4. The summed E-state index contributed by atoms with van der Waals surface area (Å²) in [4.78, 5) is 21.5. The minimum Gasteiger partial charge on any atom is -0.369 e. The van der Waals surface area contributed by atoms with Crippen LogP contribution in [0.5, 0.6) is 0 Å². The third-order valence-corrected chi connectivity index (χ3v) is 2.00. The lowest BCUT2D eigenvalue weighted by Crippen LogP contribution is -2.67. The maximum Gasteiger partial charge on any atom is 0.214 e. The van der Waals surface area contributed by atoms with Crippen molar-refractivity contribution in [3.8, 4) is 0 Å². The van der Waals surface area contributed by atoms with E-state index >= 15 is 0 Å². The van der Waals surface area contributed by atoms with Crippen LogP contribution >= 0.6 is 0 Å². The van der Waals surface area contributed by atoms with Gasteiger partial charge < -0.3 is 20.4 Å². The molecule has 0 bridgehead atoms. The average Bonchev–Trinajstić information content (AvgIpc) is 2.17. The molecule has 0 saturated carbocycles. The molecule has 1 aliphatic heterocycles. The van der Waals surface area contributed by atoms with Crippen molar-refractivity contribution >= 4 is 12.8 Å². The standard InChI is InChI=1S/C6H10N2O6/c9-1-7-3(11)5(13)8(2-10)6(14)4(7)12/h1-6,11-14H. The van der Waals surface area contributed by atoms with Crippen LogP contribution in [0.1, 0.15) is 0 Å². The Labute approximate surface area is 78.6 Å². The highest BCUT2D eigenvalue weighted by Gasteiger charge is 2.44. The second-order valence-electron chi connectivity index (χ2n) is 2.76. The Hall–Kier alpha value is -1.22. The molecule has 0 radical (unpaired) electrons. The van der Waals surface area contributed by atoms with E-state index in [1.54, 1.807) is 0 Å². The molecule has 0 spiro atoms. The van der Waals surface area contributed by atoms with Crippen molar-refractivity contribution < 1.29 is 30.0 Å². The molecule has 0 aromatic rings. The Bertz CT molecular complexity index is 196. The fourth-order valence-electron chi connectivity index (χ4n) is 1.18. The first kappa shape index (κ1) is 10.9. The topological polar surface area (TPSA) is 122 Å². The van der Waals surface area contributed by atoms with Crippen molar-refractivity contribution in [2.24, 2.45) is 0 Å². The van der Waals surface area contributed by atoms with Crippen molar-refractivity contribution in [3.63, 3.8) is 0 Å². The van der Waals surface area contributed by atoms with Crippen LogP contribution in [0.2, 0.25) is 0 Å². The summed E-state index contributed by atoms with van der Waals surface area (Å²) in [5.41, 5.74) is 0. The van der Waals surface area contributed by atoms with E-state index in [1.807, 2.05) is 0 Å². The van der Waals surface area contributed by atoms with Gasteiger partial charge in [0.1, 0.15) is 0 Å². The molecular weight excluding hydrogens is 196 g/mol. The lowest BCUT2D eigenvalue weighted by atomic mass is 10.2. The molecule has 0 aromatic heterocycles. The van der Waals surface area contributed by atoms with Crippen LogP contribution in [-0.4, -0.2) is 68.0 Å². The molecule has 1 saturated heterocycles. The van der Waals surface area contributed by atoms with Crippen LogP contribution in [-0.2, 0) is 9.59 Å². The second-order valence-corrected chi connectivity index (χ2v) is 2.76. The summed E-state index contributed by atoms with van der Waals surface area (Å²) >= 11 is 0. The first-order valence-electron chi connectivity index (χ1n) is 3.72. The van der Waals surface area contributed by atoms with Crippen molar-refractivity contribution in [3.05, 3.63) is 0 Å². The summed E-state index contributed by atoms with van der Waals surface area (Å²) in [6, 6.07) is 0. The number of carbonyl (C=O) groups excluding carboxylic acids is 2. The van der Waals surface area contributed by atoms with Crippen molar-refractivity contribution in [2.45, 2.75) is 24.9 Å². The predicted molar refractivity (Wildman–Crippen MR) is 39.8 cm³/mol. The number of aliphatic hydroxyl groups is 4. The van der Waals surface area contributed by atoms with Crippen LogP contribution in [0.3, 0.4) is 0 Å². The summed E-state index contributed by atoms with van der Waals surface area (Å²) < 4.78 is 0. The second kappa shape index (κ2) is 3.88. The molecule has 1 rings (SSSR count). The van der Waals surface area contributed by atoms with Crippen LogP contribution in [0.15, 0.2) is 0 Å². The number of nitrogens with zero attached hydrogens (tertiary/aromatic N) is 2. The van der Waals surface area contributed by atoms with Gasteiger partial charge in [0.05, 0.1) is 0 Å². The highest BCUT2D eigenvalue weighted by molar-refractivity contribution is 5.52. The van der Waals surface area contributed by atoms with E-state index < -0.39 is 24.9 Å². The minimum absolute atomic E-state index is 0.0594. The van der Waals surface area contributed by atoms with Gasteiger partial charge in [-0.1, -0.05) is 0 Å². The van der Waals surface area contributed by atoms with Gasteiger partial charge in [-0.25, -0.2) is 0 Å². The summed E-state index contributed by atoms with van der Waals surface area (Å²) in [5, 5.41) is 36.8. The molecule has 2 amide bonds. The van der Waals surface area contributed by atoms with Crippen LogP contribution in [0, 0.1) is 0 Å². The Morgan fingerprint density at radius 2 is 0.929 bits per heavy atom. The average molecular weight is 206 g/mol. The van der Waals surface area contributed by atoms with E-state index in [1.165, 1.54) is 0 Å². The maximum absolute atomic E-state index is 10.3. The number of aliphatic hydroxyl groups excluding tert-OH is 4. The lowest BCUT2D eigenvalue weighted by Gasteiger charge is -2.45. The van der Waals surface area contributed by atoms with Gasteiger partial charge in [-0.15, -0.1) is 0 Å². The molecule has 1 fully saturated rings. The van der Waals surface area contributed by atoms with E-state index in [0.717, 1.165) is 0 Å². The van der Waals surface area contributed by atoms with Gasteiger partial charge in [-0.05, 0) is 0 Å². The summed E-state index contributed by atoms with van der Waals surface area (Å²) in [6.07, 6.45) is -6.95. The zero-order valence-electron chi connectivity index (χ0n) is 6.96. The van der Waals surface area contributed by atoms with Gasteiger partial charge in [0.25, 0.3) is 0 Å². The molecule has 1 heterocycles. The zero-order valence-corrected chi connectivity index (χ0v) is 6.96. The fourth-order valence-corrected chi connectivity index (χ4v) is 1.18. The van der Waals surface area contributed by atoms with Crippen molar-refractivity contribution in [1.29, 1.82) is 0 Å². The number of amides is 2. The minimum atomic E-state index is -1.77. The molecule has 8 heteroatoms. The monoisotopic (exact) mass is 206 g/mol. The number of carbonyl (C=O) groups is 2. The molecule has 0 aromatic carbocycles. The summed E-state index contributed by atoms with van der Waals surface area (Å²) in [6.45, 7) is 0. The third-order valence-electron chi connectivity index (χ3n) is 2.00. The lowest BCUT2D eigenvalue weighted by molar-refractivity contribution is -0.274. The molecule has 4 atom stereocenters. The highest BCUT2D eigenvalue weighted by atomic mass is 16.4. The Morgan fingerprint density at radius 1 is 0.714 bits per heavy atom. The molecule has 4 N–H and O–H groups in total. The first-order chi connectivity index (χ1) is 6.54. The van der Waals surface area contributed by atoms with Gasteiger partial charge >= 0.3 is 0 Å².